The number of nitrogens with one attached hydrogen (secondary N) is 1. The van der Waals surface area contributed by atoms with Crippen molar-refractivity contribution in [1.82, 2.24) is 14.3 Å². The minimum Gasteiger partial charge on any atom is -0.360 e. The van der Waals surface area contributed by atoms with Crippen molar-refractivity contribution in [2.24, 2.45) is 7.05 Å². The molecule has 1 amide bonds. The first-order chi connectivity index (χ1) is 13.1. The van der Waals surface area contributed by atoms with Crippen molar-refractivity contribution in [3.05, 3.63) is 77.0 Å². The van der Waals surface area contributed by atoms with Gasteiger partial charge in [-0.1, -0.05) is 30.3 Å². The first kappa shape index (κ1) is 17.2. The maximum Gasteiger partial charge on any atom is 0.350 e. The molecule has 1 saturated heterocycles. The molecule has 2 aromatic carbocycles. The summed E-state index contributed by atoms with van der Waals surface area (Å²) in [5.41, 5.74) is 2.16. The van der Waals surface area contributed by atoms with Crippen LogP contribution < -0.4 is 11.0 Å². The van der Waals surface area contributed by atoms with Crippen molar-refractivity contribution in [3.63, 3.8) is 0 Å². The van der Waals surface area contributed by atoms with Gasteiger partial charge in [0.15, 0.2) is 0 Å². The van der Waals surface area contributed by atoms with Gasteiger partial charge in [-0.15, -0.1) is 0 Å². The number of aromatic nitrogens is 3. The van der Waals surface area contributed by atoms with Gasteiger partial charge in [0, 0.05) is 12.7 Å². The van der Waals surface area contributed by atoms with Crippen LogP contribution in [-0.2, 0) is 16.6 Å². The third kappa shape index (κ3) is 3.54. The minimum atomic E-state index is -0.465. The molecule has 0 bridgehead atoms. The summed E-state index contributed by atoms with van der Waals surface area (Å²) in [5, 5.41) is 6.91. The highest BCUT2D eigenvalue weighted by molar-refractivity contribution is 5.94. The number of carbonyl (C=O) groups excluding carboxylic acids is 1. The molecule has 138 valence electrons. The number of aryl methyl sites for hydroxylation is 1. The average Bonchev–Trinajstić information content (AvgIpc) is 3.31. The van der Waals surface area contributed by atoms with E-state index in [9.17, 15) is 9.59 Å². The number of ether oxygens (including phenoxy) is 1. The maximum atomic E-state index is 12.5. The fraction of sp³-hybridized carbons (Fsp3) is 0.250. The zero-order valence-corrected chi connectivity index (χ0v) is 14.9. The molecule has 1 aliphatic rings. The van der Waals surface area contributed by atoms with E-state index in [1.165, 1.54) is 15.6 Å². The van der Waals surface area contributed by atoms with Crippen molar-refractivity contribution in [2.75, 3.05) is 5.32 Å². The Kier molecular flexibility index (Phi) is 4.60. The topological polar surface area (TPSA) is 78.2 Å². The molecule has 0 radical (unpaired) electrons. The summed E-state index contributed by atoms with van der Waals surface area (Å²) in [6.07, 6.45) is 2.46. The van der Waals surface area contributed by atoms with Crippen LogP contribution in [0, 0.1) is 0 Å². The van der Waals surface area contributed by atoms with Crippen molar-refractivity contribution in [2.45, 2.75) is 25.0 Å². The molecular weight excluding hydrogens is 344 g/mol. The largest absolute Gasteiger partial charge is 0.360 e. The van der Waals surface area contributed by atoms with E-state index in [2.05, 4.69) is 10.4 Å². The number of rotatable bonds is 4. The van der Waals surface area contributed by atoms with Gasteiger partial charge in [0.1, 0.15) is 12.4 Å². The Balaban J connectivity index is 1.40. The molecule has 1 fully saturated rings. The third-order valence-corrected chi connectivity index (χ3v) is 4.69. The fourth-order valence-electron chi connectivity index (χ4n) is 3.21. The predicted octanol–water partition coefficient (Wildman–Crippen LogP) is 2.43. The van der Waals surface area contributed by atoms with Gasteiger partial charge >= 0.3 is 5.69 Å². The Morgan fingerprint density at radius 2 is 1.85 bits per heavy atom. The highest BCUT2D eigenvalue weighted by atomic mass is 16.5. The Morgan fingerprint density at radius 1 is 1.11 bits per heavy atom. The van der Waals surface area contributed by atoms with Crippen LogP contribution >= 0.6 is 0 Å². The van der Waals surface area contributed by atoms with Crippen molar-refractivity contribution in [3.8, 4) is 5.69 Å². The molecule has 27 heavy (non-hydrogen) atoms. The SMILES string of the molecule is Cn1cnn(-c2ccc(NC(=O)[C@H]3CC[C@@H](c4ccccc4)O3)cc2)c1=O. The Morgan fingerprint density at radius 3 is 2.52 bits per heavy atom. The molecule has 7 heteroatoms. The molecule has 1 aliphatic heterocycles. The summed E-state index contributed by atoms with van der Waals surface area (Å²) >= 11 is 0. The second kappa shape index (κ2) is 7.20. The van der Waals surface area contributed by atoms with E-state index >= 15 is 0 Å². The second-order valence-corrected chi connectivity index (χ2v) is 6.57. The van der Waals surface area contributed by atoms with Gasteiger partial charge in [0.05, 0.1) is 11.8 Å². The lowest BCUT2D eigenvalue weighted by molar-refractivity contribution is -0.126. The summed E-state index contributed by atoms with van der Waals surface area (Å²) in [7, 11) is 1.64. The second-order valence-electron chi connectivity index (χ2n) is 6.57. The monoisotopic (exact) mass is 364 g/mol. The van der Waals surface area contributed by atoms with Crippen molar-refractivity contribution in [1.29, 1.82) is 0 Å². The molecule has 2 atom stereocenters. The predicted molar refractivity (Wildman–Crippen MR) is 101 cm³/mol. The van der Waals surface area contributed by atoms with Crippen molar-refractivity contribution >= 4 is 11.6 Å². The number of nitrogens with zero attached hydrogens (tertiary/aromatic N) is 3. The summed E-state index contributed by atoms with van der Waals surface area (Å²) in [4.78, 5) is 24.4. The minimum absolute atomic E-state index is 0.0413. The molecular formula is C20H20N4O3. The number of anilines is 1. The Bertz CT molecular complexity index is 992. The number of amides is 1. The van der Waals surface area contributed by atoms with Gasteiger partial charge in [-0.25, -0.2) is 4.79 Å². The van der Waals surface area contributed by atoms with Crippen LogP contribution in [0.3, 0.4) is 0 Å². The highest BCUT2D eigenvalue weighted by Gasteiger charge is 2.31. The van der Waals surface area contributed by atoms with Crippen LogP contribution in [0.5, 0.6) is 0 Å². The molecule has 0 saturated carbocycles. The smallest absolute Gasteiger partial charge is 0.350 e. The van der Waals surface area contributed by atoms with Crippen LogP contribution in [0.1, 0.15) is 24.5 Å². The van der Waals surface area contributed by atoms with E-state index in [0.717, 1.165) is 12.0 Å². The van der Waals surface area contributed by atoms with E-state index in [1.54, 1.807) is 31.3 Å². The van der Waals surface area contributed by atoms with Gasteiger partial charge in [0.25, 0.3) is 5.91 Å². The van der Waals surface area contributed by atoms with E-state index in [1.807, 2.05) is 30.3 Å². The van der Waals surface area contributed by atoms with Crippen LogP contribution in [-0.4, -0.2) is 26.4 Å². The highest BCUT2D eigenvalue weighted by Crippen LogP contribution is 2.33. The van der Waals surface area contributed by atoms with Gasteiger partial charge < -0.3 is 10.1 Å². The number of hydrogen-bond acceptors (Lipinski definition) is 4. The van der Waals surface area contributed by atoms with Gasteiger partial charge in [-0.05, 0) is 42.7 Å². The average molecular weight is 364 g/mol. The summed E-state index contributed by atoms with van der Waals surface area (Å²) < 4.78 is 8.62. The molecule has 1 aromatic heterocycles. The van der Waals surface area contributed by atoms with E-state index < -0.39 is 6.10 Å². The van der Waals surface area contributed by atoms with Crippen LogP contribution in [0.2, 0.25) is 0 Å². The summed E-state index contributed by atoms with van der Waals surface area (Å²) in [5.74, 6) is -0.156. The van der Waals surface area contributed by atoms with Crippen LogP contribution in [0.15, 0.2) is 65.7 Å². The zero-order valence-electron chi connectivity index (χ0n) is 14.9. The first-order valence-electron chi connectivity index (χ1n) is 8.84. The van der Waals surface area contributed by atoms with Gasteiger partial charge in [-0.2, -0.15) is 9.78 Å². The molecule has 0 unspecified atom stereocenters. The van der Waals surface area contributed by atoms with Crippen LogP contribution in [0.4, 0.5) is 5.69 Å². The quantitative estimate of drug-likeness (QED) is 0.771. The molecule has 1 N–H and O–H groups in total. The zero-order chi connectivity index (χ0) is 18.8. The standard InChI is InChI=1S/C20H20N4O3/c1-23-13-21-24(20(23)26)16-9-7-15(8-10-16)22-19(25)18-12-11-17(27-18)14-5-3-2-4-6-14/h2-10,13,17-18H,11-12H2,1H3,(H,22,25)/t17-,18+/m0/s1. The fourth-order valence-corrected chi connectivity index (χ4v) is 3.21. The van der Waals surface area contributed by atoms with Gasteiger partial charge in [-0.3, -0.25) is 9.36 Å². The van der Waals surface area contributed by atoms with E-state index in [4.69, 9.17) is 4.74 Å². The number of benzene rings is 2. The first-order valence-corrected chi connectivity index (χ1v) is 8.84. The molecule has 4 rings (SSSR count). The maximum absolute atomic E-state index is 12.5. The van der Waals surface area contributed by atoms with E-state index in [0.29, 0.717) is 17.8 Å². The molecule has 0 aliphatic carbocycles. The summed E-state index contributed by atoms with van der Waals surface area (Å²) in [6, 6.07) is 16.9. The lowest BCUT2D eigenvalue weighted by Gasteiger charge is -2.14. The normalized spacial score (nSPS) is 19.1. The third-order valence-electron chi connectivity index (χ3n) is 4.69. The number of carbonyl (C=O) groups is 1. The Hall–Kier alpha value is -3.19. The lowest BCUT2D eigenvalue weighted by Crippen LogP contribution is -2.27. The lowest BCUT2D eigenvalue weighted by atomic mass is 10.1. The van der Waals surface area contributed by atoms with Crippen molar-refractivity contribution < 1.29 is 9.53 Å². The van der Waals surface area contributed by atoms with Crippen LogP contribution in [0.25, 0.3) is 5.69 Å². The van der Waals surface area contributed by atoms with E-state index in [-0.39, 0.29) is 17.7 Å². The molecule has 3 aromatic rings. The molecule has 0 spiro atoms. The summed E-state index contributed by atoms with van der Waals surface area (Å²) in [6.45, 7) is 0. The van der Waals surface area contributed by atoms with Gasteiger partial charge in [0.2, 0.25) is 0 Å². The Labute approximate surface area is 156 Å². The molecule has 2 heterocycles. The molecule has 7 nitrogen and oxygen atoms in total. The number of hydrogen-bond donors (Lipinski definition) is 1.